The normalized spacial score (nSPS) is 31.0. The third kappa shape index (κ3) is 2.23. The minimum Gasteiger partial charge on any atom is -0.480 e. The van der Waals surface area contributed by atoms with E-state index in [2.05, 4.69) is 10.6 Å². The van der Waals surface area contributed by atoms with Gasteiger partial charge in [-0.25, -0.2) is 4.79 Å². The number of halogens is 1. The Bertz CT molecular complexity index is 884. The molecule has 0 aliphatic carbocycles. The molecule has 2 aromatic rings. The molecule has 8 heteroatoms. The van der Waals surface area contributed by atoms with Crippen LogP contribution in [-0.2, 0) is 19.9 Å². The van der Waals surface area contributed by atoms with Crippen LogP contribution in [0.25, 0.3) is 0 Å². The molecule has 6 nitrogen and oxygen atoms in total. The maximum absolute atomic E-state index is 12.5. The van der Waals surface area contributed by atoms with Gasteiger partial charge in [0.05, 0.1) is 22.2 Å². The third-order valence-corrected chi connectivity index (χ3v) is 6.18. The Morgan fingerprint density at radius 3 is 2.44 bits per heavy atom. The van der Waals surface area contributed by atoms with Gasteiger partial charge in [0.2, 0.25) is 11.8 Å². The molecule has 1 aromatic heterocycles. The number of hydrogen-bond donors (Lipinski definition) is 3. The number of benzene rings is 1. The lowest BCUT2D eigenvalue weighted by Crippen LogP contribution is -2.52. The molecule has 4 atom stereocenters. The molecule has 0 saturated carbocycles. The Labute approximate surface area is 151 Å². The predicted octanol–water partition coefficient (Wildman–Crippen LogP) is 1.91. The molecule has 2 fully saturated rings. The van der Waals surface area contributed by atoms with E-state index in [9.17, 15) is 19.5 Å². The van der Waals surface area contributed by atoms with Gasteiger partial charge in [-0.2, -0.15) is 0 Å². The predicted molar refractivity (Wildman–Crippen MR) is 91.1 cm³/mol. The maximum Gasteiger partial charge on any atom is 0.329 e. The fourth-order valence-corrected chi connectivity index (χ4v) is 5.02. The molecule has 1 aromatic carbocycles. The molecule has 0 radical (unpaired) electrons. The summed E-state index contributed by atoms with van der Waals surface area (Å²) in [6.45, 7) is 0. The molecule has 3 N–H and O–H groups in total. The monoisotopic (exact) mass is 376 g/mol. The Balaban J connectivity index is 1.92. The second-order valence-corrected chi connectivity index (χ2v) is 7.85. The van der Waals surface area contributed by atoms with Crippen LogP contribution >= 0.6 is 22.9 Å². The highest BCUT2D eigenvalue weighted by Gasteiger charge is 2.67. The van der Waals surface area contributed by atoms with E-state index in [1.54, 1.807) is 42.5 Å². The summed E-state index contributed by atoms with van der Waals surface area (Å²) in [5.41, 5.74) is -1.24. The number of nitrogens with one attached hydrogen (secondary N) is 2. The molecule has 4 rings (SSSR count). The number of carbonyl (C=O) groups is 3. The SMILES string of the molecule is O=C1NC(=O)C2C1C(c1ccc(Cl)s1)NC2(C(=O)O)c1ccccc1. The number of carboxylic acid groups (broad SMARTS) is 1. The minimum absolute atomic E-state index is 0.438. The number of carbonyl (C=O) groups excluding carboxylic acids is 2. The van der Waals surface area contributed by atoms with Crippen molar-refractivity contribution in [3.05, 3.63) is 57.2 Å². The topological polar surface area (TPSA) is 95.5 Å². The van der Waals surface area contributed by atoms with Crippen molar-refractivity contribution >= 4 is 40.7 Å². The van der Waals surface area contributed by atoms with Crippen molar-refractivity contribution in [3.8, 4) is 0 Å². The van der Waals surface area contributed by atoms with Crippen LogP contribution in [0.5, 0.6) is 0 Å². The Hall–Kier alpha value is -2.22. The molecule has 2 saturated heterocycles. The van der Waals surface area contributed by atoms with Crippen molar-refractivity contribution in [2.24, 2.45) is 11.8 Å². The zero-order valence-electron chi connectivity index (χ0n) is 12.7. The molecule has 128 valence electrons. The third-order valence-electron chi connectivity index (χ3n) is 4.87. The van der Waals surface area contributed by atoms with E-state index in [-0.39, 0.29) is 0 Å². The number of carboxylic acids is 1. The van der Waals surface area contributed by atoms with Crippen molar-refractivity contribution in [2.75, 3.05) is 0 Å². The first kappa shape index (κ1) is 16.3. The van der Waals surface area contributed by atoms with E-state index in [1.807, 2.05) is 0 Å². The highest BCUT2D eigenvalue weighted by atomic mass is 35.5. The standard InChI is InChI=1S/C17H13ClN2O4S/c18-10-7-6-9(25-10)13-11-12(15(22)19-14(11)21)17(20-13,16(23)24)8-4-2-1-3-5-8/h1-7,11-13,20H,(H,23,24)(H,19,21,22). The van der Waals surface area contributed by atoms with Crippen LogP contribution in [-0.4, -0.2) is 22.9 Å². The molecule has 2 aliphatic heterocycles. The lowest BCUT2D eigenvalue weighted by atomic mass is 9.76. The molecule has 2 aliphatic rings. The molecule has 0 bridgehead atoms. The zero-order valence-corrected chi connectivity index (χ0v) is 14.3. The second-order valence-electron chi connectivity index (χ2n) is 6.10. The van der Waals surface area contributed by atoms with Gasteiger partial charge < -0.3 is 5.11 Å². The van der Waals surface area contributed by atoms with E-state index in [0.29, 0.717) is 9.90 Å². The summed E-state index contributed by atoms with van der Waals surface area (Å²) in [5, 5.41) is 15.4. The summed E-state index contributed by atoms with van der Waals surface area (Å²) in [5.74, 6) is -4.07. The number of rotatable bonds is 3. The van der Waals surface area contributed by atoms with Crippen LogP contribution in [0.2, 0.25) is 4.34 Å². The van der Waals surface area contributed by atoms with E-state index in [0.717, 1.165) is 4.88 Å². The number of hydrogen-bond acceptors (Lipinski definition) is 5. The van der Waals surface area contributed by atoms with Crippen molar-refractivity contribution < 1.29 is 19.5 Å². The maximum atomic E-state index is 12.5. The van der Waals surface area contributed by atoms with Crippen molar-refractivity contribution in [1.29, 1.82) is 0 Å². The average molecular weight is 377 g/mol. The van der Waals surface area contributed by atoms with Crippen LogP contribution in [0.4, 0.5) is 0 Å². The minimum atomic E-state index is -1.68. The second kappa shape index (κ2) is 5.66. The quantitative estimate of drug-likeness (QED) is 0.711. The molecule has 3 heterocycles. The molecular weight excluding hydrogens is 364 g/mol. The highest BCUT2D eigenvalue weighted by molar-refractivity contribution is 7.16. The lowest BCUT2D eigenvalue weighted by Gasteiger charge is -2.30. The summed E-state index contributed by atoms with van der Waals surface area (Å²) in [6, 6.07) is 11.3. The summed E-state index contributed by atoms with van der Waals surface area (Å²) in [4.78, 5) is 37.9. The van der Waals surface area contributed by atoms with E-state index in [1.165, 1.54) is 11.3 Å². The molecule has 4 unspecified atom stereocenters. The smallest absolute Gasteiger partial charge is 0.329 e. The van der Waals surface area contributed by atoms with Crippen molar-refractivity contribution in [2.45, 2.75) is 11.6 Å². The van der Waals surface area contributed by atoms with Crippen LogP contribution in [0.1, 0.15) is 16.5 Å². The number of imide groups is 1. The highest BCUT2D eigenvalue weighted by Crippen LogP contribution is 2.52. The van der Waals surface area contributed by atoms with Crippen LogP contribution in [0.15, 0.2) is 42.5 Å². The van der Waals surface area contributed by atoms with Gasteiger partial charge in [-0.15, -0.1) is 11.3 Å². The van der Waals surface area contributed by atoms with Gasteiger partial charge in [-0.05, 0) is 17.7 Å². The number of amides is 2. The van der Waals surface area contributed by atoms with Gasteiger partial charge in [0.15, 0.2) is 5.54 Å². The van der Waals surface area contributed by atoms with Gasteiger partial charge in [0, 0.05) is 4.88 Å². The van der Waals surface area contributed by atoms with Gasteiger partial charge in [0.1, 0.15) is 0 Å². The first-order chi connectivity index (χ1) is 11.9. The lowest BCUT2D eigenvalue weighted by molar-refractivity contribution is -0.149. The number of thiophene rings is 1. The number of fused-ring (bicyclic) bond motifs is 1. The number of aliphatic carboxylic acids is 1. The molecular formula is C17H13ClN2O4S. The van der Waals surface area contributed by atoms with E-state index >= 15 is 0 Å². The van der Waals surface area contributed by atoms with Crippen molar-refractivity contribution in [1.82, 2.24) is 10.6 Å². The summed E-state index contributed by atoms with van der Waals surface area (Å²) in [6.07, 6.45) is 0. The summed E-state index contributed by atoms with van der Waals surface area (Å²) < 4.78 is 0.533. The van der Waals surface area contributed by atoms with Crippen LogP contribution < -0.4 is 10.6 Å². The fourth-order valence-electron chi connectivity index (χ4n) is 3.86. The first-order valence-electron chi connectivity index (χ1n) is 7.61. The molecule has 0 spiro atoms. The van der Waals surface area contributed by atoms with Gasteiger partial charge >= 0.3 is 5.97 Å². The fraction of sp³-hybridized carbons (Fsp3) is 0.235. The zero-order chi connectivity index (χ0) is 17.8. The van der Waals surface area contributed by atoms with Gasteiger partial charge in [0.25, 0.3) is 0 Å². The largest absolute Gasteiger partial charge is 0.480 e. The Morgan fingerprint density at radius 1 is 1.12 bits per heavy atom. The van der Waals surface area contributed by atoms with Crippen LogP contribution in [0, 0.1) is 11.8 Å². The van der Waals surface area contributed by atoms with Gasteiger partial charge in [-0.1, -0.05) is 41.9 Å². The average Bonchev–Trinajstić information content (AvgIpc) is 3.24. The first-order valence-corrected chi connectivity index (χ1v) is 8.81. The molecule has 25 heavy (non-hydrogen) atoms. The Kier molecular flexibility index (Phi) is 3.68. The Morgan fingerprint density at radius 2 is 1.84 bits per heavy atom. The van der Waals surface area contributed by atoms with Gasteiger partial charge in [-0.3, -0.25) is 20.2 Å². The van der Waals surface area contributed by atoms with E-state index in [4.69, 9.17) is 11.6 Å². The van der Waals surface area contributed by atoms with Crippen molar-refractivity contribution in [3.63, 3.8) is 0 Å². The molecule has 2 amide bonds. The van der Waals surface area contributed by atoms with E-state index < -0.39 is 41.2 Å². The summed E-state index contributed by atoms with van der Waals surface area (Å²) in [7, 11) is 0. The van der Waals surface area contributed by atoms with Crippen LogP contribution in [0.3, 0.4) is 0 Å². The summed E-state index contributed by atoms with van der Waals surface area (Å²) >= 11 is 7.27.